The number of halogens is 1. The van der Waals surface area contributed by atoms with Crippen LogP contribution in [0.5, 0.6) is 0 Å². The maximum absolute atomic E-state index is 13.8. The molecular formula is C17H13FN4O2. The third-order valence-electron chi connectivity index (χ3n) is 3.97. The molecule has 3 aromatic rings. The molecule has 24 heavy (non-hydrogen) atoms. The first kappa shape index (κ1) is 14.4. The third kappa shape index (κ3) is 2.30. The molecule has 2 N–H and O–H groups in total. The first-order valence-electron chi connectivity index (χ1n) is 7.46. The van der Waals surface area contributed by atoms with Gasteiger partial charge in [-0.3, -0.25) is 19.5 Å². The van der Waals surface area contributed by atoms with E-state index < -0.39 is 17.8 Å². The number of nitrogens with one attached hydrogen (secondary N) is 2. The minimum atomic E-state index is -0.791. The average Bonchev–Trinajstić information content (AvgIpc) is 2.94. The largest absolute Gasteiger partial charge is 0.322 e. The molecule has 0 aliphatic carbocycles. The number of aromatic nitrogens is 2. The third-order valence-corrected chi connectivity index (χ3v) is 3.97. The van der Waals surface area contributed by atoms with E-state index in [2.05, 4.69) is 15.6 Å². The number of carbonyl (C=O) groups excluding carboxylic acids is 2. The van der Waals surface area contributed by atoms with Gasteiger partial charge in [-0.2, -0.15) is 0 Å². The van der Waals surface area contributed by atoms with Gasteiger partial charge in [-0.15, -0.1) is 0 Å². The monoisotopic (exact) mass is 324 g/mol. The lowest BCUT2D eigenvalue weighted by Crippen LogP contribution is -2.35. The zero-order chi connectivity index (χ0) is 16.7. The molecule has 4 rings (SSSR count). The lowest BCUT2D eigenvalue weighted by Gasteiger charge is -2.25. The van der Waals surface area contributed by atoms with Crippen molar-refractivity contribution >= 4 is 34.5 Å². The van der Waals surface area contributed by atoms with Crippen LogP contribution in [0, 0.1) is 5.82 Å². The number of benzene rings is 2. The molecular weight excluding hydrogens is 311 g/mol. The van der Waals surface area contributed by atoms with Gasteiger partial charge < -0.3 is 5.32 Å². The Morgan fingerprint density at radius 3 is 2.79 bits per heavy atom. The van der Waals surface area contributed by atoms with E-state index in [0.29, 0.717) is 11.5 Å². The Hall–Kier alpha value is -3.22. The summed E-state index contributed by atoms with van der Waals surface area (Å²) in [4.78, 5) is 28.9. The number of carbonyl (C=O) groups is 2. The second-order valence-electron chi connectivity index (χ2n) is 5.53. The van der Waals surface area contributed by atoms with Gasteiger partial charge in [0.2, 0.25) is 17.8 Å². The van der Waals surface area contributed by atoms with Crippen LogP contribution in [-0.4, -0.2) is 21.4 Å². The number of amides is 2. The molecule has 2 aromatic carbocycles. The van der Waals surface area contributed by atoms with Gasteiger partial charge >= 0.3 is 0 Å². The van der Waals surface area contributed by atoms with Crippen molar-refractivity contribution in [2.24, 2.45) is 0 Å². The molecule has 0 bridgehead atoms. The van der Waals surface area contributed by atoms with Crippen LogP contribution in [0.15, 0.2) is 48.5 Å². The highest BCUT2D eigenvalue weighted by atomic mass is 19.1. The molecule has 0 saturated heterocycles. The van der Waals surface area contributed by atoms with E-state index in [1.165, 1.54) is 12.1 Å². The fourth-order valence-electron chi connectivity index (χ4n) is 2.88. The summed E-state index contributed by atoms with van der Waals surface area (Å²) in [6.45, 7) is 0. The lowest BCUT2D eigenvalue weighted by molar-refractivity contribution is -0.124. The van der Waals surface area contributed by atoms with Crippen LogP contribution in [0.1, 0.15) is 12.5 Å². The van der Waals surface area contributed by atoms with Crippen molar-refractivity contribution < 1.29 is 14.0 Å². The number of hydrogen-bond acceptors (Lipinski definition) is 3. The van der Waals surface area contributed by atoms with Crippen LogP contribution in [0.3, 0.4) is 0 Å². The van der Waals surface area contributed by atoms with Gasteiger partial charge in [-0.25, -0.2) is 9.37 Å². The fourth-order valence-corrected chi connectivity index (χ4v) is 2.88. The van der Waals surface area contributed by atoms with Gasteiger partial charge in [-0.05, 0) is 24.3 Å². The molecule has 1 aliphatic heterocycles. The SMILES string of the molecule is O=C1C[C@H](C(=O)Nc2ccccc2F)n2c(nc3ccccc32)N1. The maximum Gasteiger partial charge on any atom is 0.248 e. The highest BCUT2D eigenvalue weighted by Gasteiger charge is 2.33. The van der Waals surface area contributed by atoms with Gasteiger partial charge in [-0.1, -0.05) is 24.3 Å². The van der Waals surface area contributed by atoms with Crippen LogP contribution in [0.4, 0.5) is 16.0 Å². The van der Waals surface area contributed by atoms with E-state index in [4.69, 9.17) is 0 Å². The van der Waals surface area contributed by atoms with Crippen molar-refractivity contribution in [2.45, 2.75) is 12.5 Å². The maximum atomic E-state index is 13.8. The summed E-state index contributed by atoms with van der Waals surface area (Å²) in [5, 5.41) is 5.22. The summed E-state index contributed by atoms with van der Waals surface area (Å²) in [6, 6.07) is 12.4. The zero-order valence-electron chi connectivity index (χ0n) is 12.5. The van der Waals surface area contributed by atoms with Crippen LogP contribution in [-0.2, 0) is 9.59 Å². The Morgan fingerprint density at radius 1 is 1.21 bits per heavy atom. The van der Waals surface area contributed by atoms with Crippen LogP contribution in [0.25, 0.3) is 11.0 Å². The first-order valence-corrected chi connectivity index (χ1v) is 7.46. The topological polar surface area (TPSA) is 76.0 Å². The van der Waals surface area contributed by atoms with E-state index in [-0.39, 0.29) is 18.0 Å². The fraction of sp³-hybridized carbons (Fsp3) is 0.118. The van der Waals surface area contributed by atoms with Crippen molar-refractivity contribution in [3.63, 3.8) is 0 Å². The highest BCUT2D eigenvalue weighted by Crippen LogP contribution is 2.31. The Balaban J connectivity index is 1.75. The van der Waals surface area contributed by atoms with Crippen LogP contribution < -0.4 is 10.6 Å². The number of anilines is 2. The summed E-state index contributed by atoms with van der Waals surface area (Å²) in [7, 11) is 0. The number of nitrogens with zero attached hydrogens (tertiary/aromatic N) is 2. The lowest BCUT2D eigenvalue weighted by atomic mass is 10.1. The first-order chi connectivity index (χ1) is 11.6. The predicted octanol–water partition coefficient (Wildman–Crippen LogP) is 2.70. The molecule has 0 spiro atoms. The molecule has 1 aliphatic rings. The van der Waals surface area contributed by atoms with Gasteiger partial charge in [0, 0.05) is 0 Å². The predicted molar refractivity (Wildman–Crippen MR) is 87.0 cm³/mol. The molecule has 120 valence electrons. The molecule has 1 atom stereocenters. The second-order valence-corrected chi connectivity index (χ2v) is 5.53. The standard InChI is InChI=1S/C17H13FN4O2/c18-10-5-1-2-6-11(10)19-16(24)14-9-15(23)21-17-20-12-7-3-4-8-13(12)22(14)17/h1-8,14H,9H2,(H,19,24)(H,20,21,23)/t14-/m1/s1. The van der Waals surface area contributed by atoms with E-state index in [0.717, 1.165) is 5.52 Å². The normalized spacial score (nSPS) is 16.5. The Labute approximate surface area is 136 Å². The molecule has 0 fully saturated rings. The van der Waals surface area contributed by atoms with E-state index in [1.54, 1.807) is 22.8 Å². The number of fused-ring (bicyclic) bond motifs is 3. The summed E-state index contributed by atoms with van der Waals surface area (Å²) < 4.78 is 15.4. The molecule has 1 aromatic heterocycles. The second kappa shape index (κ2) is 5.45. The molecule has 7 heteroatoms. The van der Waals surface area contributed by atoms with Crippen LogP contribution >= 0.6 is 0 Å². The quantitative estimate of drug-likeness (QED) is 0.761. The minimum absolute atomic E-state index is 0.0341. The molecule has 6 nitrogen and oxygen atoms in total. The summed E-state index contributed by atoms with van der Waals surface area (Å²) in [5.74, 6) is -0.964. The smallest absolute Gasteiger partial charge is 0.248 e. The van der Waals surface area contributed by atoms with E-state index >= 15 is 0 Å². The summed E-state index contributed by atoms with van der Waals surface area (Å²) in [5.41, 5.74) is 1.50. The minimum Gasteiger partial charge on any atom is -0.322 e. The summed E-state index contributed by atoms with van der Waals surface area (Å²) >= 11 is 0. The molecule has 0 saturated carbocycles. The van der Waals surface area contributed by atoms with Gasteiger partial charge in [0.05, 0.1) is 23.1 Å². The van der Waals surface area contributed by atoms with Crippen molar-refractivity contribution in [1.82, 2.24) is 9.55 Å². The molecule has 0 radical (unpaired) electrons. The molecule has 0 unspecified atom stereocenters. The van der Waals surface area contributed by atoms with Crippen molar-refractivity contribution in [3.05, 3.63) is 54.3 Å². The number of imidazole rings is 1. The zero-order valence-corrected chi connectivity index (χ0v) is 12.5. The summed E-state index contributed by atoms with van der Waals surface area (Å²) in [6.07, 6.45) is -0.0341. The number of rotatable bonds is 2. The van der Waals surface area contributed by atoms with Crippen molar-refractivity contribution in [1.29, 1.82) is 0 Å². The highest BCUT2D eigenvalue weighted by molar-refractivity contribution is 6.03. The number of para-hydroxylation sites is 3. The van der Waals surface area contributed by atoms with E-state index in [1.807, 2.05) is 18.2 Å². The van der Waals surface area contributed by atoms with Crippen LogP contribution in [0.2, 0.25) is 0 Å². The number of hydrogen-bond donors (Lipinski definition) is 2. The average molecular weight is 324 g/mol. The van der Waals surface area contributed by atoms with Gasteiger partial charge in [0.1, 0.15) is 11.9 Å². The van der Waals surface area contributed by atoms with Crippen molar-refractivity contribution in [3.8, 4) is 0 Å². The van der Waals surface area contributed by atoms with Crippen molar-refractivity contribution in [2.75, 3.05) is 10.6 Å². The molecule has 2 amide bonds. The van der Waals surface area contributed by atoms with Gasteiger partial charge in [0.15, 0.2) is 0 Å². The van der Waals surface area contributed by atoms with E-state index in [9.17, 15) is 14.0 Å². The van der Waals surface area contributed by atoms with Gasteiger partial charge in [0.25, 0.3) is 0 Å². The Kier molecular flexibility index (Phi) is 3.26. The molecule has 2 heterocycles. The Morgan fingerprint density at radius 2 is 1.96 bits per heavy atom. The Bertz CT molecular complexity index is 966.